The van der Waals surface area contributed by atoms with Gasteiger partial charge >= 0.3 is 0 Å². The van der Waals surface area contributed by atoms with Crippen molar-refractivity contribution < 1.29 is 4.79 Å². The third-order valence-electron chi connectivity index (χ3n) is 4.05. The van der Waals surface area contributed by atoms with Crippen LogP contribution in [0, 0.1) is 6.92 Å². The minimum Gasteiger partial charge on any atom is -0.306 e. The van der Waals surface area contributed by atoms with Crippen LogP contribution >= 0.6 is 0 Å². The molecule has 0 saturated heterocycles. The number of nitrogens with one attached hydrogen (secondary N) is 1. The van der Waals surface area contributed by atoms with Crippen LogP contribution in [0.3, 0.4) is 0 Å². The molecule has 0 radical (unpaired) electrons. The number of fused-ring (bicyclic) bond motifs is 1. The zero-order chi connectivity index (χ0) is 17.2. The van der Waals surface area contributed by atoms with Crippen molar-refractivity contribution in [2.45, 2.75) is 6.92 Å². The second-order valence-electron chi connectivity index (χ2n) is 5.76. The molecule has 122 valence electrons. The standard InChI is InChI=1S/C20H16N4O/c1-14-7-6-12-24-18(14)22-17(15-8-3-2-4-9-15)19(24)23-20(25)16-10-5-11-21-13-16/h2-13H,1H3,(H,23,25). The van der Waals surface area contributed by atoms with Crippen LogP contribution in [-0.2, 0) is 0 Å². The van der Waals surface area contributed by atoms with E-state index in [1.165, 1.54) is 0 Å². The Kier molecular flexibility index (Phi) is 3.74. The van der Waals surface area contributed by atoms with Gasteiger partial charge in [-0.15, -0.1) is 0 Å². The molecule has 4 aromatic rings. The van der Waals surface area contributed by atoms with E-state index >= 15 is 0 Å². The van der Waals surface area contributed by atoms with Crippen LogP contribution in [0.25, 0.3) is 16.9 Å². The van der Waals surface area contributed by atoms with Gasteiger partial charge in [0.2, 0.25) is 0 Å². The predicted molar refractivity (Wildman–Crippen MR) is 97.6 cm³/mol. The Morgan fingerprint density at radius 2 is 1.88 bits per heavy atom. The topological polar surface area (TPSA) is 59.3 Å². The van der Waals surface area contributed by atoms with Crippen LogP contribution in [0.2, 0.25) is 0 Å². The summed E-state index contributed by atoms with van der Waals surface area (Å²) in [5, 5.41) is 3.00. The summed E-state index contributed by atoms with van der Waals surface area (Å²) in [5.41, 5.74) is 4.06. The van der Waals surface area contributed by atoms with Crippen molar-refractivity contribution in [1.29, 1.82) is 0 Å². The van der Waals surface area contributed by atoms with Crippen LogP contribution in [-0.4, -0.2) is 20.3 Å². The number of carbonyl (C=O) groups is 1. The van der Waals surface area contributed by atoms with Crippen molar-refractivity contribution in [3.63, 3.8) is 0 Å². The van der Waals surface area contributed by atoms with Gasteiger partial charge < -0.3 is 5.32 Å². The number of aryl methyl sites for hydroxylation is 1. The molecule has 1 amide bonds. The number of anilines is 1. The third-order valence-corrected chi connectivity index (χ3v) is 4.05. The number of nitrogens with zero attached hydrogens (tertiary/aromatic N) is 3. The quantitative estimate of drug-likeness (QED) is 0.619. The fourth-order valence-electron chi connectivity index (χ4n) is 2.80. The van der Waals surface area contributed by atoms with Crippen LogP contribution in [0.15, 0.2) is 73.2 Å². The number of aromatic nitrogens is 3. The largest absolute Gasteiger partial charge is 0.306 e. The Labute approximate surface area is 145 Å². The van der Waals surface area contributed by atoms with E-state index in [-0.39, 0.29) is 5.91 Å². The first kappa shape index (κ1) is 15.1. The van der Waals surface area contributed by atoms with E-state index in [0.717, 1.165) is 22.5 Å². The fourth-order valence-corrected chi connectivity index (χ4v) is 2.80. The summed E-state index contributed by atoms with van der Waals surface area (Å²) in [7, 11) is 0. The van der Waals surface area contributed by atoms with Gasteiger partial charge in [-0.2, -0.15) is 0 Å². The molecule has 5 nitrogen and oxygen atoms in total. The van der Waals surface area contributed by atoms with E-state index in [1.807, 2.05) is 60.0 Å². The first-order valence-corrected chi connectivity index (χ1v) is 7.98. The average Bonchev–Trinajstić information content (AvgIpc) is 3.03. The maximum absolute atomic E-state index is 12.6. The molecule has 0 aliphatic heterocycles. The van der Waals surface area contributed by atoms with Crippen molar-refractivity contribution in [1.82, 2.24) is 14.4 Å². The molecule has 0 aliphatic rings. The van der Waals surface area contributed by atoms with Gasteiger partial charge in [0.25, 0.3) is 5.91 Å². The molecule has 0 unspecified atom stereocenters. The van der Waals surface area contributed by atoms with E-state index in [2.05, 4.69) is 10.3 Å². The maximum atomic E-state index is 12.6. The summed E-state index contributed by atoms with van der Waals surface area (Å²) in [5.74, 6) is 0.437. The van der Waals surface area contributed by atoms with Crippen LogP contribution in [0.5, 0.6) is 0 Å². The Morgan fingerprint density at radius 3 is 2.64 bits per heavy atom. The predicted octanol–water partition coefficient (Wildman–Crippen LogP) is 3.96. The van der Waals surface area contributed by atoms with Crippen LogP contribution in [0.4, 0.5) is 5.82 Å². The second kappa shape index (κ2) is 6.20. The number of amides is 1. The molecule has 0 bridgehead atoms. The van der Waals surface area contributed by atoms with Gasteiger partial charge in [-0.1, -0.05) is 36.4 Å². The smallest absolute Gasteiger partial charge is 0.258 e. The number of hydrogen-bond acceptors (Lipinski definition) is 3. The number of carbonyl (C=O) groups excluding carboxylic acids is 1. The Balaban J connectivity index is 1.86. The normalized spacial score (nSPS) is 10.8. The summed E-state index contributed by atoms with van der Waals surface area (Å²) in [6.07, 6.45) is 5.09. The van der Waals surface area contributed by atoms with E-state index in [4.69, 9.17) is 4.98 Å². The van der Waals surface area contributed by atoms with Crippen molar-refractivity contribution in [2.24, 2.45) is 0 Å². The first-order chi connectivity index (χ1) is 12.2. The highest BCUT2D eigenvalue weighted by atomic mass is 16.1. The molecule has 0 fully saturated rings. The maximum Gasteiger partial charge on any atom is 0.258 e. The summed E-state index contributed by atoms with van der Waals surface area (Å²) in [6, 6.07) is 17.3. The molecule has 3 heterocycles. The number of pyridine rings is 2. The molecule has 1 aromatic carbocycles. The molecule has 1 N–H and O–H groups in total. The van der Waals surface area contributed by atoms with Gasteiger partial charge in [0.05, 0.1) is 5.56 Å². The molecule has 4 rings (SSSR count). The summed E-state index contributed by atoms with van der Waals surface area (Å²) < 4.78 is 1.91. The zero-order valence-corrected chi connectivity index (χ0v) is 13.7. The number of rotatable bonds is 3. The van der Waals surface area contributed by atoms with E-state index < -0.39 is 0 Å². The number of benzene rings is 1. The minimum atomic E-state index is -0.214. The lowest BCUT2D eigenvalue weighted by atomic mass is 10.1. The molecule has 5 heteroatoms. The summed E-state index contributed by atoms with van der Waals surface area (Å²) >= 11 is 0. The molecule has 0 spiro atoms. The highest BCUT2D eigenvalue weighted by Gasteiger charge is 2.18. The molecule has 0 atom stereocenters. The van der Waals surface area contributed by atoms with Crippen LogP contribution in [0.1, 0.15) is 15.9 Å². The third kappa shape index (κ3) is 2.76. The Bertz CT molecular complexity index is 1040. The zero-order valence-electron chi connectivity index (χ0n) is 13.7. The molecule has 3 aromatic heterocycles. The highest BCUT2D eigenvalue weighted by Crippen LogP contribution is 2.30. The number of hydrogen-bond donors (Lipinski definition) is 1. The lowest BCUT2D eigenvalue weighted by molar-refractivity contribution is 0.102. The first-order valence-electron chi connectivity index (χ1n) is 7.98. The van der Waals surface area contributed by atoms with E-state index in [9.17, 15) is 4.79 Å². The molecule has 0 aliphatic carbocycles. The minimum absolute atomic E-state index is 0.214. The van der Waals surface area contributed by atoms with Gasteiger partial charge in [0.1, 0.15) is 17.2 Å². The SMILES string of the molecule is Cc1cccn2c(NC(=O)c3cccnc3)c(-c3ccccc3)nc12. The van der Waals surface area contributed by atoms with Crippen molar-refractivity contribution in [3.8, 4) is 11.3 Å². The molecule has 0 saturated carbocycles. The fraction of sp³-hybridized carbons (Fsp3) is 0.0500. The van der Waals surface area contributed by atoms with Gasteiger partial charge in [-0.25, -0.2) is 4.98 Å². The van der Waals surface area contributed by atoms with E-state index in [1.54, 1.807) is 24.5 Å². The molecule has 25 heavy (non-hydrogen) atoms. The average molecular weight is 328 g/mol. The Morgan fingerprint density at radius 1 is 1.04 bits per heavy atom. The number of imidazole rings is 1. The monoisotopic (exact) mass is 328 g/mol. The van der Waals surface area contributed by atoms with E-state index in [0.29, 0.717) is 11.4 Å². The van der Waals surface area contributed by atoms with Crippen molar-refractivity contribution in [2.75, 3.05) is 5.32 Å². The lowest BCUT2D eigenvalue weighted by Gasteiger charge is -2.08. The van der Waals surface area contributed by atoms with Crippen LogP contribution < -0.4 is 5.32 Å². The second-order valence-corrected chi connectivity index (χ2v) is 5.76. The molecular weight excluding hydrogens is 312 g/mol. The lowest BCUT2D eigenvalue weighted by Crippen LogP contribution is -2.14. The van der Waals surface area contributed by atoms with Gasteiger partial charge in [-0.3, -0.25) is 14.2 Å². The van der Waals surface area contributed by atoms with Gasteiger partial charge in [0, 0.05) is 24.2 Å². The summed E-state index contributed by atoms with van der Waals surface area (Å²) in [4.78, 5) is 21.4. The highest BCUT2D eigenvalue weighted by molar-refractivity contribution is 6.05. The summed E-state index contributed by atoms with van der Waals surface area (Å²) in [6.45, 7) is 2.00. The van der Waals surface area contributed by atoms with Crippen molar-refractivity contribution in [3.05, 3.63) is 84.3 Å². The molecular formula is C20H16N4O. The Hall–Kier alpha value is -3.47. The van der Waals surface area contributed by atoms with Gasteiger partial charge in [0.15, 0.2) is 0 Å². The van der Waals surface area contributed by atoms with Crippen molar-refractivity contribution >= 4 is 17.4 Å². The van der Waals surface area contributed by atoms with Gasteiger partial charge in [-0.05, 0) is 30.7 Å².